The molecule has 0 saturated heterocycles. The summed E-state index contributed by atoms with van der Waals surface area (Å²) in [6.07, 6.45) is 0. The van der Waals surface area contributed by atoms with Crippen molar-refractivity contribution in [3.05, 3.63) is 66.7 Å². The smallest absolute Gasteiger partial charge is 0.0687 e. The van der Waals surface area contributed by atoms with Crippen LogP contribution in [0, 0.1) is 0 Å². The molecule has 0 amide bonds. The standard InChI is InChI=1S/C18H13NO/c20-19-18-11-17-13-6-2-1-5-12(13)9-10-15(17)14-7-3-4-8-16(14)18/h1-11,19-20H. The summed E-state index contributed by atoms with van der Waals surface area (Å²) in [5, 5.41) is 16.4. The summed E-state index contributed by atoms with van der Waals surface area (Å²) in [4.78, 5) is 0. The lowest BCUT2D eigenvalue weighted by molar-refractivity contribution is 0.390. The summed E-state index contributed by atoms with van der Waals surface area (Å²) >= 11 is 0. The predicted octanol–water partition coefficient (Wildman–Crippen LogP) is 4.95. The molecule has 0 aliphatic heterocycles. The van der Waals surface area contributed by atoms with Gasteiger partial charge in [0.05, 0.1) is 5.69 Å². The summed E-state index contributed by atoms with van der Waals surface area (Å²) in [5.74, 6) is 0. The van der Waals surface area contributed by atoms with E-state index in [9.17, 15) is 5.21 Å². The van der Waals surface area contributed by atoms with Crippen LogP contribution in [0.2, 0.25) is 0 Å². The highest BCUT2D eigenvalue weighted by atomic mass is 16.5. The maximum absolute atomic E-state index is 9.42. The lowest BCUT2D eigenvalue weighted by atomic mass is 9.96. The van der Waals surface area contributed by atoms with E-state index in [2.05, 4.69) is 35.8 Å². The summed E-state index contributed by atoms with van der Waals surface area (Å²) in [6.45, 7) is 0. The van der Waals surface area contributed by atoms with Crippen molar-refractivity contribution in [1.82, 2.24) is 0 Å². The first-order chi connectivity index (χ1) is 9.88. The second-order valence-electron chi connectivity index (χ2n) is 4.96. The van der Waals surface area contributed by atoms with Gasteiger partial charge in [-0.3, -0.25) is 10.7 Å². The van der Waals surface area contributed by atoms with E-state index in [1.165, 1.54) is 16.2 Å². The Morgan fingerprint density at radius 3 is 2.05 bits per heavy atom. The van der Waals surface area contributed by atoms with Crippen LogP contribution in [0.5, 0.6) is 0 Å². The molecule has 96 valence electrons. The van der Waals surface area contributed by atoms with E-state index in [-0.39, 0.29) is 0 Å². The molecule has 4 rings (SSSR count). The molecular weight excluding hydrogens is 246 g/mol. The number of hydrogen-bond acceptors (Lipinski definition) is 2. The zero-order chi connectivity index (χ0) is 13.5. The molecule has 4 aromatic carbocycles. The van der Waals surface area contributed by atoms with Gasteiger partial charge in [0.2, 0.25) is 0 Å². The quantitative estimate of drug-likeness (QED) is 0.374. The number of anilines is 1. The lowest BCUT2D eigenvalue weighted by Gasteiger charge is -2.11. The van der Waals surface area contributed by atoms with Crippen molar-refractivity contribution in [3.8, 4) is 0 Å². The van der Waals surface area contributed by atoms with E-state index in [1.54, 1.807) is 0 Å². The van der Waals surface area contributed by atoms with Crippen LogP contribution < -0.4 is 5.48 Å². The van der Waals surface area contributed by atoms with Gasteiger partial charge in [-0.1, -0.05) is 60.7 Å². The summed E-state index contributed by atoms with van der Waals surface area (Å²) < 4.78 is 0. The molecule has 0 aliphatic carbocycles. The molecule has 20 heavy (non-hydrogen) atoms. The zero-order valence-corrected chi connectivity index (χ0v) is 10.8. The average Bonchev–Trinajstić information content (AvgIpc) is 2.53. The van der Waals surface area contributed by atoms with Crippen LogP contribution in [0.25, 0.3) is 32.3 Å². The molecule has 0 bridgehead atoms. The third-order valence-electron chi connectivity index (χ3n) is 3.89. The largest absolute Gasteiger partial charge is 0.291 e. The van der Waals surface area contributed by atoms with Gasteiger partial charge >= 0.3 is 0 Å². The SMILES string of the molecule is ONc1cc2c3ccccc3ccc2c2ccccc12. The minimum Gasteiger partial charge on any atom is -0.291 e. The van der Waals surface area contributed by atoms with Gasteiger partial charge in [-0.15, -0.1) is 0 Å². The normalized spacial score (nSPS) is 11.2. The molecule has 4 aromatic rings. The molecule has 0 heterocycles. The van der Waals surface area contributed by atoms with Crippen LogP contribution >= 0.6 is 0 Å². The Morgan fingerprint density at radius 2 is 1.25 bits per heavy atom. The second kappa shape index (κ2) is 4.22. The molecule has 2 N–H and O–H groups in total. The maximum Gasteiger partial charge on any atom is 0.0687 e. The lowest BCUT2D eigenvalue weighted by Crippen LogP contribution is -1.91. The fourth-order valence-corrected chi connectivity index (χ4v) is 2.95. The van der Waals surface area contributed by atoms with E-state index in [0.717, 1.165) is 21.8 Å². The highest BCUT2D eigenvalue weighted by molar-refractivity contribution is 6.20. The van der Waals surface area contributed by atoms with Crippen molar-refractivity contribution in [2.75, 3.05) is 5.48 Å². The Hall–Kier alpha value is -2.58. The zero-order valence-electron chi connectivity index (χ0n) is 10.8. The Bertz CT molecular complexity index is 944. The predicted molar refractivity (Wildman–Crippen MR) is 84.4 cm³/mol. The molecule has 0 atom stereocenters. The van der Waals surface area contributed by atoms with Crippen molar-refractivity contribution in [3.63, 3.8) is 0 Å². The Balaban J connectivity index is 2.30. The fourth-order valence-electron chi connectivity index (χ4n) is 2.95. The minimum absolute atomic E-state index is 0.740. The molecule has 0 saturated carbocycles. The van der Waals surface area contributed by atoms with Gasteiger partial charge in [-0.05, 0) is 33.0 Å². The van der Waals surface area contributed by atoms with Crippen LogP contribution in [-0.2, 0) is 0 Å². The van der Waals surface area contributed by atoms with Crippen molar-refractivity contribution < 1.29 is 5.21 Å². The average molecular weight is 259 g/mol. The van der Waals surface area contributed by atoms with Crippen LogP contribution in [-0.4, -0.2) is 5.21 Å². The van der Waals surface area contributed by atoms with Crippen LogP contribution in [0.4, 0.5) is 5.69 Å². The van der Waals surface area contributed by atoms with Crippen LogP contribution in [0.15, 0.2) is 66.7 Å². The minimum atomic E-state index is 0.740. The Morgan fingerprint density at radius 1 is 0.600 bits per heavy atom. The van der Waals surface area contributed by atoms with E-state index in [0.29, 0.717) is 0 Å². The van der Waals surface area contributed by atoms with Crippen molar-refractivity contribution in [1.29, 1.82) is 0 Å². The molecular formula is C18H13NO. The molecule has 0 spiro atoms. The third-order valence-corrected chi connectivity index (χ3v) is 3.89. The molecule has 0 aromatic heterocycles. The maximum atomic E-state index is 9.42. The number of benzene rings is 4. The summed E-state index contributed by atoms with van der Waals surface area (Å²) in [5.41, 5.74) is 3.07. The van der Waals surface area contributed by atoms with Gasteiger partial charge in [0.15, 0.2) is 0 Å². The van der Waals surface area contributed by atoms with Gasteiger partial charge in [-0.25, -0.2) is 0 Å². The van der Waals surface area contributed by atoms with E-state index < -0.39 is 0 Å². The highest BCUT2D eigenvalue weighted by Crippen LogP contribution is 2.35. The summed E-state index contributed by atoms with van der Waals surface area (Å²) in [7, 11) is 0. The monoisotopic (exact) mass is 259 g/mol. The molecule has 0 unspecified atom stereocenters. The molecule has 0 radical (unpaired) electrons. The summed E-state index contributed by atoms with van der Waals surface area (Å²) in [6, 6.07) is 22.7. The Labute approximate surface area is 116 Å². The third kappa shape index (κ3) is 1.49. The van der Waals surface area contributed by atoms with E-state index in [4.69, 9.17) is 0 Å². The van der Waals surface area contributed by atoms with Gasteiger partial charge in [-0.2, -0.15) is 0 Å². The molecule has 0 fully saturated rings. The number of hydrogen-bond donors (Lipinski definition) is 2. The van der Waals surface area contributed by atoms with Gasteiger partial charge in [0.1, 0.15) is 0 Å². The first kappa shape index (κ1) is 11.3. The van der Waals surface area contributed by atoms with Crippen molar-refractivity contribution in [2.24, 2.45) is 0 Å². The van der Waals surface area contributed by atoms with Crippen molar-refractivity contribution in [2.45, 2.75) is 0 Å². The second-order valence-corrected chi connectivity index (χ2v) is 4.96. The molecule has 2 heteroatoms. The first-order valence-corrected chi connectivity index (χ1v) is 6.62. The molecule has 0 aliphatic rings. The van der Waals surface area contributed by atoms with Gasteiger partial charge < -0.3 is 0 Å². The topological polar surface area (TPSA) is 32.3 Å². The van der Waals surface area contributed by atoms with Gasteiger partial charge in [0, 0.05) is 5.39 Å². The number of nitrogens with one attached hydrogen (secondary N) is 1. The van der Waals surface area contributed by atoms with Crippen molar-refractivity contribution >= 4 is 38.0 Å². The van der Waals surface area contributed by atoms with Gasteiger partial charge in [0.25, 0.3) is 0 Å². The van der Waals surface area contributed by atoms with Crippen LogP contribution in [0.3, 0.4) is 0 Å². The first-order valence-electron chi connectivity index (χ1n) is 6.62. The molecule has 2 nitrogen and oxygen atoms in total. The Kier molecular flexibility index (Phi) is 2.38. The van der Waals surface area contributed by atoms with E-state index >= 15 is 0 Å². The highest BCUT2D eigenvalue weighted by Gasteiger charge is 2.08. The number of rotatable bonds is 1. The number of fused-ring (bicyclic) bond motifs is 5. The van der Waals surface area contributed by atoms with Crippen LogP contribution in [0.1, 0.15) is 0 Å². The van der Waals surface area contributed by atoms with E-state index in [1.807, 2.05) is 36.4 Å². The fraction of sp³-hybridized carbons (Fsp3) is 0.